The van der Waals surface area contributed by atoms with Crippen LogP contribution in [0, 0.1) is 0 Å². The lowest BCUT2D eigenvalue weighted by molar-refractivity contribution is -0.137. The van der Waals surface area contributed by atoms with Crippen LogP contribution in [0.25, 0.3) is 0 Å². The second kappa shape index (κ2) is 7.12. The number of aromatic nitrogens is 1. The van der Waals surface area contributed by atoms with E-state index in [0.717, 1.165) is 18.2 Å². The fourth-order valence-corrected chi connectivity index (χ4v) is 3.57. The van der Waals surface area contributed by atoms with Gasteiger partial charge in [0, 0.05) is 13.1 Å². The molecule has 1 saturated heterocycles. The Morgan fingerprint density at radius 2 is 1.85 bits per heavy atom. The molecule has 3 rings (SSSR count). The molecule has 0 aliphatic carbocycles. The minimum absolute atomic E-state index is 0.166. The van der Waals surface area contributed by atoms with Crippen LogP contribution in [0.15, 0.2) is 47.5 Å². The fraction of sp³-hybridized carbons (Fsp3) is 0.312. The van der Waals surface area contributed by atoms with Crippen molar-refractivity contribution < 1.29 is 26.3 Å². The highest BCUT2D eigenvalue weighted by molar-refractivity contribution is 7.92. The first-order chi connectivity index (χ1) is 12.3. The second-order valence-electron chi connectivity index (χ2n) is 5.64. The van der Waals surface area contributed by atoms with Crippen LogP contribution in [0.2, 0.25) is 0 Å². The number of hydrogen-bond acceptors (Lipinski definition) is 5. The van der Waals surface area contributed by atoms with E-state index in [4.69, 9.17) is 4.74 Å². The van der Waals surface area contributed by atoms with Crippen LogP contribution in [-0.4, -0.2) is 39.7 Å². The number of hydrogen-bond donors (Lipinski definition) is 1. The summed E-state index contributed by atoms with van der Waals surface area (Å²) in [4.78, 5) is 5.73. The Balaban J connectivity index is 1.77. The highest BCUT2D eigenvalue weighted by Crippen LogP contribution is 2.31. The molecule has 10 heteroatoms. The van der Waals surface area contributed by atoms with Crippen molar-refractivity contribution in [1.29, 1.82) is 0 Å². The zero-order valence-corrected chi connectivity index (χ0v) is 14.3. The highest BCUT2D eigenvalue weighted by Gasteiger charge is 2.31. The van der Waals surface area contributed by atoms with Gasteiger partial charge in [-0.2, -0.15) is 13.2 Å². The summed E-state index contributed by atoms with van der Waals surface area (Å²) < 4.78 is 70.5. The predicted molar refractivity (Wildman–Crippen MR) is 89.5 cm³/mol. The van der Waals surface area contributed by atoms with E-state index in [-0.39, 0.29) is 5.69 Å². The molecule has 0 amide bonds. The molecule has 0 saturated carbocycles. The summed E-state index contributed by atoms with van der Waals surface area (Å²) >= 11 is 0. The number of ether oxygens (including phenoxy) is 1. The van der Waals surface area contributed by atoms with E-state index < -0.39 is 26.7 Å². The van der Waals surface area contributed by atoms with Crippen LogP contribution in [0.1, 0.15) is 5.56 Å². The molecule has 1 aliphatic heterocycles. The van der Waals surface area contributed by atoms with E-state index in [1.807, 2.05) is 4.90 Å². The van der Waals surface area contributed by atoms with Gasteiger partial charge in [0.15, 0.2) is 0 Å². The van der Waals surface area contributed by atoms with Crippen molar-refractivity contribution in [3.8, 4) is 0 Å². The number of sulfonamides is 1. The lowest BCUT2D eigenvalue weighted by atomic mass is 10.2. The molecule has 1 aromatic carbocycles. The van der Waals surface area contributed by atoms with Crippen LogP contribution in [-0.2, 0) is 20.9 Å². The minimum atomic E-state index is -4.62. The number of nitrogens with one attached hydrogen (secondary N) is 1. The molecule has 0 unspecified atom stereocenters. The van der Waals surface area contributed by atoms with E-state index in [1.165, 1.54) is 12.3 Å². The SMILES string of the molecule is O=S(=O)(Nc1ccc(N2CCOCC2)nc1)c1cccc(C(F)(F)F)c1. The molecule has 0 bridgehead atoms. The molecule has 0 atom stereocenters. The molecule has 0 radical (unpaired) electrons. The van der Waals surface area contributed by atoms with Gasteiger partial charge in [0.05, 0.1) is 35.6 Å². The molecule has 1 aliphatic rings. The van der Waals surface area contributed by atoms with E-state index in [1.54, 1.807) is 6.07 Å². The second-order valence-corrected chi connectivity index (χ2v) is 7.32. The first-order valence-electron chi connectivity index (χ1n) is 7.74. The van der Waals surface area contributed by atoms with Gasteiger partial charge in [-0.3, -0.25) is 4.72 Å². The van der Waals surface area contributed by atoms with Gasteiger partial charge in [0.2, 0.25) is 0 Å². The maximum Gasteiger partial charge on any atom is 0.416 e. The number of pyridine rings is 1. The van der Waals surface area contributed by atoms with Crippen molar-refractivity contribution in [2.24, 2.45) is 0 Å². The molecular weight excluding hydrogens is 371 g/mol. The van der Waals surface area contributed by atoms with Crippen molar-refractivity contribution in [2.75, 3.05) is 35.9 Å². The van der Waals surface area contributed by atoms with Crippen molar-refractivity contribution in [3.63, 3.8) is 0 Å². The first kappa shape index (κ1) is 18.5. The molecule has 2 heterocycles. The summed E-state index contributed by atoms with van der Waals surface area (Å²) in [5.74, 6) is 0.676. The average molecular weight is 387 g/mol. The van der Waals surface area contributed by atoms with Gasteiger partial charge in [-0.1, -0.05) is 6.07 Å². The third-order valence-corrected chi connectivity index (χ3v) is 5.19. The number of rotatable bonds is 4. The Kier molecular flexibility index (Phi) is 5.05. The number of alkyl halides is 3. The van der Waals surface area contributed by atoms with Gasteiger partial charge in [0.25, 0.3) is 10.0 Å². The van der Waals surface area contributed by atoms with Gasteiger partial charge in [0.1, 0.15) is 5.82 Å². The van der Waals surface area contributed by atoms with E-state index in [9.17, 15) is 21.6 Å². The van der Waals surface area contributed by atoms with Gasteiger partial charge in [-0.25, -0.2) is 13.4 Å². The van der Waals surface area contributed by atoms with Gasteiger partial charge in [-0.15, -0.1) is 0 Å². The molecule has 0 spiro atoms. The summed E-state index contributed by atoms with van der Waals surface area (Å²) in [6.07, 6.45) is -3.29. The molecule has 26 heavy (non-hydrogen) atoms. The van der Waals surface area contributed by atoms with Crippen LogP contribution in [0.3, 0.4) is 0 Å². The zero-order valence-electron chi connectivity index (χ0n) is 13.5. The first-order valence-corrected chi connectivity index (χ1v) is 9.23. The monoisotopic (exact) mass is 387 g/mol. The molecule has 1 fully saturated rings. The summed E-state index contributed by atoms with van der Waals surface area (Å²) in [5.41, 5.74) is -0.861. The van der Waals surface area contributed by atoms with Crippen LogP contribution in [0.5, 0.6) is 0 Å². The van der Waals surface area contributed by atoms with E-state index >= 15 is 0 Å². The smallest absolute Gasteiger partial charge is 0.378 e. The average Bonchev–Trinajstić information content (AvgIpc) is 2.62. The van der Waals surface area contributed by atoms with Crippen LogP contribution < -0.4 is 9.62 Å². The summed E-state index contributed by atoms with van der Waals surface area (Å²) in [6, 6.07) is 6.73. The number of halogens is 3. The van der Waals surface area contributed by atoms with E-state index in [2.05, 4.69) is 9.71 Å². The van der Waals surface area contributed by atoms with Crippen molar-refractivity contribution in [1.82, 2.24) is 4.98 Å². The van der Waals surface area contributed by atoms with Gasteiger partial charge >= 0.3 is 6.18 Å². The Bertz CT molecular complexity index is 864. The normalized spacial score (nSPS) is 15.7. The molecule has 1 N–H and O–H groups in total. The number of anilines is 2. The fourth-order valence-electron chi connectivity index (χ4n) is 2.48. The summed E-state index contributed by atoms with van der Waals surface area (Å²) in [7, 11) is -4.16. The van der Waals surface area contributed by atoms with Crippen LogP contribution in [0.4, 0.5) is 24.7 Å². The quantitative estimate of drug-likeness (QED) is 0.874. The number of benzene rings is 1. The Morgan fingerprint density at radius 1 is 1.12 bits per heavy atom. The maximum atomic E-state index is 12.8. The summed E-state index contributed by atoms with van der Waals surface area (Å²) in [5, 5.41) is 0. The lowest BCUT2D eigenvalue weighted by Gasteiger charge is -2.27. The van der Waals surface area contributed by atoms with Crippen molar-refractivity contribution in [2.45, 2.75) is 11.1 Å². The highest BCUT2D eigenvalue weighted by atomic mass is 32.2. The molecular formula is C16H16F3N3O3S. The third-order valence-electron chi connectivity index (χ3n) is 3.81. The largest absolute Gasteiger partial charge is 0.416 e. The number of morpholine rings is 1. The van der Waals surface area contributed by atoms with Crippen LogP contribution >= 0.6 is 0 Å². The van der Waals surface area contributed by atoms with Crippen molar-refractivity contribution in [3.05, 3.63) is 48.2 Å². The Morgan fingerprint density at radius 3 is 2.46 bits per heavy atom. The minimum Gasteiger partial charge on any atom is -0.378 e. The molecule has 6 nitrogen and oxygen atoms in total. The maximum absolute atomic E-state index is 12.8. The van der Waals surface area contributed by atoms with Crippen molar-refractivity contribution >= 4 is 21.5 Å². The lowest BCUT2D eigenvalue weighted by Crippen LogP contribution is -2.36. The summed E-state index contributed by atoms with van der Waals surface area (Å²) in [6.45, 7) is 2.54. The molecule has 2 aromatic rings. The van der Waals surface area contributed by atoms with Gasteiger partial charge in [-0.05, 0) is 30.3 Å². The molecule has 140 valence electrons. The topological polar surface area (TPSA) is 71.5 Å². The third kappa shape index (κ3) is 4.25. The molecule has 1 aromatic heterocycles. The zero-order chi connectivity index (χ0) is 18.8. The predicted octanol–water partition coefficient (Wildman–Crippen LogP) is 2.74. The van der Waals surface area contributed by atoms with E-state index in [0.29, 0.717) is 38.2 Å². The van der Waals surface area contributed by atoms with Gasteiger partial charge < -0.3 is 9.64 Å². The Labute approximate surface area is 148 Å². The Hall–Kier alpha value is -2.33. The number of nitrogens with zero attached hydrogens (tertiary/aromatic N) is 2. The standard InChI is InChI=1S/C16H16F3N3O3S/c17-16(18,19)12-2-1-3-14(10-12)26(23,24)21-13-4-5-15(20-11-13)22-6-8-25-9-7-22/h1-5,10-11,21H,6-9H2.